The van der Waals surface area contributed by atoms with Gasteiger partial charge in [-0.3, -0.25) is 0 Å². The van der Waals surface area contributed by atoms with Crippen molar-refractivity contribution in [2.75, 3.05) is 7.11 Å². The Balaban J connectivity index is 2.46. The zero-order valence-corrected chi connectivity index (χ0v) is 13.1. The molecule has 0 spiro atoms. The van der Waals surface area contributed by atoms with Gasteiger partial charge in [0.05, 0.1) is 17.8 Å². The van der Waals surface area contributed by atoms with E-state index in [1.54, 1.807) is 18.4 Å². The molecule has 0 bridgehead atoms. The minimum absolute atomic E-state index is 0.644. The first-order valence-electron chi connectivity index (χ1n) is 6.62. The first-order chi connectivity index (χ1) is 9.01. The standard InChI is InChI=1S/C16H21NOS/c1-10(2)8-15-16(17-12(4)19-15)13-7-6-11(3)14(9-13)18-5/h6-7,9-10H,8H2,1-5H3. The second-order valence-corrected chi connectivity index (χ2v) is 6.57. The summed E-state index contributed by atoms with van der Waals surface area (Å²) in [5, 5.41) is 1.13. The predicted molar refractivity (Wildman–Crippen MR) is 82.1 cm³/mol. The third-order valence-corrected chi connectivity index (χ3v) is 4.07. The van der Waals surface area contributed by atoms with Gasteiger partial charge in [-0.05, 0) is 37.8 Å². The zero-order chi connectivity index (χ0) is 14.0. The number of hydrogen-bond donors (Lipinski definition) is 0. The van der Waals surface area contributed by atoms with Crippen LogP contribution in [0.25, 0.3) is 11.3 Å². The molecule has 1 aromatic carbocycles. The second-order valence-electron chi connectivity index (χ2n) is 5.29. The van der Waals surface area contributed by atoms with Crippen LogP contribution in [0.15, 0.2) is 18.2 Å². The Morgan fingerprint density at radius 2 is 2.00 bits per heavy atom. The molecule has 1 aromatic heterocycles. The van der Waals surface area contributed by atoms with Crippen molar-refractivity contribution < 1.29 is 4.74 Å². The maximum absolute atomic E-state index is 5.41. The van der Waals surface area contributed by atoms with E-state index in [1.807, 2.05) is 0 Å². The van der Waals surface area contributed by atoms with Gasteiger partial charge >= 0.3 is 0 Å². The van der Waals surface area contributed by atoms with Gasteiger partial charge in [-0.25, -0.2) is 4.98 Å². The van der Waals surface area contributed by atoms with Crippen molar-refractivity contribution in [1.29, 1.82) is 0 Å². The molecule has 0 aliphatic heterocycles. The highest BCUT2D eigenvalue weighted by molar-refractivity contribution is 7.12. The highest BCUT2D eigenvalue weighted by Crippen LogP contribution is 2.32. The van der Waals surface area contributed by atoms with Crippen LogP contribution in [0, 0.1) is 19.8 Å². The molecule has 19 heavy (non-hydrogen) atoms. The van der Waals surface area contributed by atoms with Crippen LogP contribution in [0.1, 0.15) is 29.3 Å². The van der Waals surface area contributed by atoms with Gasteiger partial charge in [-0.1, -0.05) is 26.0 Å². The molecule has 102 valence electrons. The molecule has 0 aliphatic rings. The fourth-order valence-electron chi connectivity index (χ4n) is 2.17. The second kappa shape index (κ2) is 5.74. The Kier molecular flexibility index (Phi) is 4.25. The summed E-state index contributed by atoms with van der Waals surface area (Å²) in [5.74, 6) is 1.57. The van der Waals surface area contributed by atoms with Crippen molar-refractivity contribution in [3.8, 4) is 17.0 Å². The van der Waals surface area contributed by atoms with Gasteiger partial charge in [0.25, 0.3) is 0 Å². The van der Waals surface area contributed by atoms with Crippen molar-refractivity contribution >= 4 is 11.3 Å². The van der Waals surface area contributed by atoms with Crippen LogP contribution in [-0.4, -0.2) is 12.1 Å². The number of ether oxygens (including phenoxy) is 1. The normalized spacial score (nSPS) is 11.1. The van der Waals surface area contributed by atoms with Crippen LogP contribution >= 0.6 is 11.3 Å². The van der Waals surface area contributed by atoms with E-state index in [1.165, 1.54) is 4.88 Å². The summed E-state index contributed by atoms with van der Waals surface area (Å²) >= 11 is 1.80. The van der Waals surface area contributed by atoms with Crippen LogP contribution in [0.4, 0.5) is 0 Å². The quantitative estimate of drug-likeness (QED) is 0.811. The number of nitrogens with zero attached hydrogens (tertiary/aromatic N) is 1. The van der Waals surface area contributed by atoms with Gasteiger partial charge in [-0.2, -0.15) is 0 Å². The van der Waals surface area contributed by atoms with Gasteiger partial charge in [0.15, 0.2) is 0 Å². The van der Waals surface area contributed by atoms with Gasteiger partial charge in [0.2, 0.25) is 0 Å². The summed E-state index contributed by atoms with van der Waals surface area (Å²) in [5.41, 5.74) is 3.43. The van der Waals surface area contributed by atoms with Crippen LogP contribution < -0.4 is 4.74 Å². The zero-order valence-electron chi connectivity index (χ0n) is 12.3. The van der Waals surface area contributed by atoms with Crippen LogP contribution in [-0.2, 0) is 6.42 Å². The Morgan fingerprint density at radius 3 is 2.63 bits per heavy atom. The number of hydrogen-bond acceptors (Lipinski definition) is 3. The van der Waals surface area contributed by atoms with Crippen LogP contribution in [0.5, 0.6) is 5.75 Å². The SMILES string of the molecule is COc1cc(-c2nc(C)sc2CC(C)C)ccc1C. The number of thiazole rings is 1. The molecule has 2 rings (SSSR count). The highest BCUT2D eigenvalue weighted by Gasteiger charge is 2.13. The number of aryl methyl sites for hydroxylation is 2. The Morgan fingerprint density at radius 1 is 1.26 bits per heavy atom. The minimum Gasteiger partial charge on any atom is -0.496 e. The molecule has 0 aliphatic carbocycles. The number of methoxy groups -OCH3 is 1. The summed E-state index contributed by atoms with van der Waals surface area (Å²) in [6.45, 7) is 8.62. The summed E-state index contributed by atoms with van der Waals surface area (Å²) < 4.78 is 5.41. The fourth-order valence-corrected chi connectivity index (χ4v) is 3.34. The largest absolute Gasteiger partial charge is 0.496 e. The lowest BCUT2D eigenvalue weighted by Gasteiger charge is -2.08. The summed E-state index contributed by atoms with van der Waals surface area (Å²) in [7, 11) is 1.72. The van der Waals surface area contributed by atoms with Gasteiger partial charge in [-0.15, -0.1) is 11.3 Å². The van der Waals surface area contributed by atoms with Crippen LogP contribution in [0.3, 0.4) is 0 Å². The van der Waals surface area contributed by atoms with E-state index in [0.717, 1.165) is 34.0 Å². The van der Waals surface area contributed by atoms with Crippen molar-refractivity contribution in [2.24, 2.45) is 5.92 Å². The molecule has 0 amide bonds. The predicted octanol–water partition coefficient (Wildman–Crippen LogP) is 4.63. The van der Waals surface area contributed by atoms with E-state index in [0.29, 0.717) is 5.92 Å². The molecule has 1 heterocycles. The molecular formula is C16H21NOS. The smallest absolute Gasteiger partial charge is 0.122 e. The summed E-state index contributed by atoms with van der Waals surface area (Å²) in [6.07, 6.45) is 1.08. The lowest BCUT2D eigenvalue weighted by atomic mass is 10.0. The Hall–Kier alpha value is -1.35. The Bertz CT molecular complexity index is 572. The summed E-state index contributed by atoms with van der Waals surface area (Å²) in [6, 6.07) is 6.33. The molecule has 2 nitrogen and oxygen atoms in total. The maximum Gasteiger partial charge on any atom is 0.122 e. The molecule has 0 N–H and O–H groups in total. The van der Waals surface area contributed by atoms with Gasteiger partial charge in [0.1, 0.15) is 5.75 Å². The topological polar surface area (TPSA) is 22.1 Å². The average molecular weight is 275 g/mol. The van der Waals surface area contributed by atoms with E-state index < -0.39 is 0 Å². The monoisotopic (exact) mass is 275 g/mol. The number of benzene rings is 1. The lowest BCUT2D eigenvalue weighted by Crippen LogP contribution is -1.94. The summed E-state index contributed by atoms with van der Waals surface area (Å²) in [4.78, 5) is 6.08. The van der Waals surface area contributed by atoms with E-state index in [2.05, 4.69) is 45.9 Å². The van der Waals surface area contributed by atoms with Crippen molar-refractivity contribution in [3.05, 3.63) is 33.6 Å². The fraction of sp³-hybridized carbons (Fsp3) is 0.438. The molecule has 0 saturated heterocycles. The number of rotatable bonds is 4. The first kappa shape index (κ1) is 14.1. The maximum atomic E-state index is 5.41. The molecule has 0 radical (unpaired) electrons. The Labute approximate surface area is 119 Å². The molecule has 0 saturated carbocycles. The van der Waals surface area contributed by atoms with E-state index in [-0.39, 0.29) is 0 Å². The first-order valence-corrected chi connectivity index (χ1v) is 7.44. The van der Waals surface area contributed by atoms with Crippen molar-refractivity contribution in [2.45, 2.75) is 34.1 Å². The molecule has 0 unspecified atom stereocenters. The molecular weight excluding hydrogens is 254 g/mol. The third kappa shape index (κ3) is 3.16. The lowest BCUT2D eigenvalue weighted by molar-refractivity contribution is 0.412. The minimum atomic E-state index is 0.644. The van der Waals surface area contributed by atoms with E-state index >= 15 is 0 Å². The van der Waals surface area contributed by atoms with E-state index in [9.17, 15) is 0 Å². The van der Waals surface area contributed by atoms with Crippen LogP contribution in [0.2, 0.25) is 0 Å². The number of aromatic nitrogens is 1. The molecule has 2 aromatic rings. The average Bonchev–Trinajstić information content (AvgIpc) is 2.70. The van der Waals surface area contributed by atoms with Gasteiger partial charge in [0, 0.05) is 10.4 Å². The van der Waals surface area contributed by atoms with E-state index in [4.69, 9.17) is 9.72 Å². The molecule has 0 atom stereocenters. The van der Waals surface area contributed by atoms with Crippen molar-refractivity contribution in [3.63, 3.8) is 0 Å². The highest BCUT2D eigenvalue weighted by atomic mass is 32.1. The molecule has 0 fully saturated rings. The third-order valence-electron chi connectivity index (χ3n) is 3.08. The van der Waals surface area contributed by atoms with Gasteiger partial charge < -0.3 is 4.74 Å². The van der Waals surface area contributed by atoms with Crippen molar-refractivity contribution in [1.82, 2.24) is 4.98 Å². The molecule has 3 heteroatoms.